The van der Waals surface area contributed by atoms with Crippen molar-refractivity contribution < 1.29 is 19.4 Å². The molecule has 2 aromatic heterocycles. The summed E-state index contributed by atoms with van der Waals surface area (Å²) in [4.78, 5) is 12.8. The zero-order valence-corrected chi connectivity index (χ0v) is 17.4. The number of thioether (sulfide) groups is 1. The van der Waals surface area contributed by atoms with Gasteiger partial charge >= 0.3 is 5.97 Å². The number of hydrogen-bond acceptors (Lipinski definition) is 6. The summed E-state index contributed by atoms with van der Waals surface area (Å²) < 4.78 is 13.2. The molecular formula is C20H20N2O4S2. The Morgan fingerprint density at radius 1 is 1.46 bits per heavy atom. The number of thiophene rings is 1. The van der Waals surface area contributed by atoms with E-state index >= 15 is 0 Å². The van der Waals surface area contributed by atoms with Gasteiger partial charge in [0.15, 0.2) is 5.69 Å². The Morgan fingerprint density at radius 3 is 2.93 bits per heavy atom. The largest absolute Gasteiger partial charge is 0.495 e. The van der Waals surface area contributed by atoms with E-state index in [1.54, 1.807) is 34.9 Å². The van der Waals surface area contributed by atoms with Crippen LogP contribution in [0.1, 0.15) is 29.9 Å². The van der Waals surface area contributed by atoms with Gasteiger partial charge in [-0.25, -0.2) is 9.48 Å². The highest BCUT2D eigenvalue weighted by molar-refractivity contribution is 7.99. The number of nitrogens with zero attached hydrogens (tertiary/aromatic N) is 2. The van der Waals surface area contributed by atoms with E-state index in [1.807, 2.05) is 29.0 Å². The summed E-state index contributed by atoms with van der Waals surface area (Å²) in [7, 11) is 1.65. The molecule has 1 N–H and O–H groups in total. The summed E-state index contributed by atoms with van der Waals surface area (Å²) in [6.45, 7) is 4.50. The number of fused-ring (bicyclic) bond motifs is 3. The molecule has 0 aliphatic carbocycles. The first-order chi connectivity index (χ1) is 13.5. The molecule has 8 heteroatoms. The van der Waals surface area contributed by atoms with Gasteiger partial charge in [0.25, 0.3) is 0 Å². The molecule has 0 amide bonds. The molecule has 146 valence electrons. The van der Waals surface area contributed by atoms with E-state index < -0.39 is 5.97 Å². The zero-order chi connectivity index (χ0) is 19.8. The maximum Gasteiger partial charge on any atom is 0.356 e. The van der Waals surface area contributed by atoms with Crippen LogP contribution in [0.15, 0.2) is 33.9 Å². The van der Waals surface area contributed by atoms with Gasteiger partial charge in [-0.05, 0) is 23.4 Å². The quantitative estimate of drug-likeness (QED) is 0.573. The molecule has 0 atom stereocenters. The Morgan fingerprint density at radius 2 is 2.29 bits per heavy atom. The third kappa shape index (κ3) is 3.27. The maximum absolute atomic E-state index is 11.8. The first-order valence-electron chi connectivity index (χ1n) is 8.85. The third-order valence-corrected chi connectivity index (χ3v) is 6.54. The Balaban J connectivity index is 1.92. The van der Waals surface area contributed by atoms with Crippen LogP contribution in [-0.2, 0) is 6.61 Å². The highest BCUT2D eigenvalue weighted by atomic mass is 32.2. The Bertz CT molecular complexity index is 1030. The monoisotopic (exact) mass is 416 g/mol. The van der Waals surface area contributed by atoms with E-state index in [0.717, 1.165) is 33.3 Å². The van der Waals surface area contributed by atoms with E-state index in [1.165, 1.54) is 0 Å². The summed E-state index contributed by atoms with van der Waals surface area (Å²) >= 11 is 3.26. The number of benzene rings is 1. The number of aromatic carboxylic acids is 1. The van der Waals surface area contributed by atoms with E-state index in [-0.39, 0.29) is 12.3 Å². The topological polar surface area (TPSA) is 73.6 Å². The maximum atomic E-state index is 11.8. The Hall–Kier alpha value is -2.45. The van der Waals surface area contributed by atoms with Crippen LogP contribution in [0.25, 0.3) is 16.9 Å². The van der Waals surface area contributed by atoms with Gasteiger partial charge in [0.2, 0.25) is 0 Å². The Kier molecular flexibility index (Phi) is 5.07. The number of hydrogen-bond donors (Lipinski definition) is 1. The number of carbonyl (C=O) groups is 1. The van der Waals surface area contributed by atoms with Crippen molar-refractivity contribution in [3.63, 3.8) is 0 Å². The number of methoxy groups -OCH3 is 1. The highest BCUT2D eigenvalue weighted by Gasteiger charge is 2.31. The minimum Gasteiger partial charge on any atom is -0.495 e. The number of ether oxygens (including phenoxy) is 2. The zero-order valence-electron chi connectivity index (χ0n) is 15.8. The van der Waals surface area contributed by atoms with Crippen molar-refractivity contribution in [2.24, 2.45) is 5.92 Å². The van der Waals surface area contributed by atoms with Gasteiger partial charge in [-0.2, -0.15) is 16.4 Å². The van der Waals surface area contributed by atoms with Gasteiger partial charge < -0.3 is 14.6 Å². The van der Waals surface area contributed by atoms with Crippen molar-refractivity contribution in [2.75, 3.05) is 12.9 Å². The van der Waals surface area contributed by atoms with Gasteiger partial charge in [-0.3, -0.25) is 0 Å². The molecule has 0 saturated carbocycles. The highest BCUT2D eigenvalue weighted by Crippen LogP contribution is 2.46. The summed E-state index contributed by atoms with van der Waals surface area (Å²) in [5.74, 6) is 1.86. The van der Waals surface area contributed by atoms with E-state index in [0.29, 0.717) is 17.2 Å². The number of rotatable bonds is 6. The molecule has 28 heavy (non-hydrogen) atoms. The fourth-order valence-electron chi connectivity index (χ4n) is 3.12. The van der Waals surface area contributed by atoms with Crippen molar-refractivity contribution >= 4 is 29.1 Å². The van der Waals surface area contributed by atoms with Gasteiger partial charge in [0, 0.05) is 22.8 Å². The molecule has 4 rings (SSSR count). The second-order valence-corrected chi connectivity index (χ2v) is 8.71. The Labute approximate surface area is 171 Å². The molecule has 1 aromatic carbocycles. The average Bonchev–Trinajstić information content (AvgIpc) is 3.32. The van der Waals surface area contributed by atoms with Crippen LogP contribution in [0, 0.1) is 5.92 Å². The van der Waals surface area contributed by atoms with Crippen molar-refractivity contribution in [3.05, 3.63) is 40.2 Å². The summed E-state index contributed by atoms with van der Waals surface area (Å²) in [6.07, 6.45) is 0. The van der Waals surface area contributed by atoms with Crippen LogP contribution in [-0.4, -0.2) is 33.7 Å². The van der Waals surface area contributed by atoms with Crippen molar-refractivity contribution in [3.8, 4) is 28.4 Å². The first-order valence-corrected chi connectivity index (χ1v) is 10.8. The number of carboxylic acid groups (broad SMARTS) is 1. The first kappa shape index (κ1) is 18.9. The lowest BCUT2D eigenvalue weighted by molar-refractivity contribution is 0.0687. The molecule has 0 unspecified atom stereocenters. The minimum atomic E-state index is -1.06. The fourth-order valence-corrected chi connectivity index (χ4v) is 4.74. The summed E-state index contributed by atoms with van der Waals surface area (Å²) in [5, 5.41) is 17.9. The van der Waals surface area contributed by atoms with Crippen LogP contribution >= 0.6 is 23.1 Å². The molecule has 6 nitrogen and oxygen atoms in total. The molecule has 0 fully saturated rings. The lowest BCUT2D eigenvalue weighted by Gasteiger charge is -2.22. The van der Waals surface area contributed by atoms with Crippen LogP contribution in [0.3, 0.4) is 0 Å². The summed E-state index contributed by atoms with van der Waals surface area (Å²) in [5.41, 5.74) is 3.06. The normalized spacial score (nSPS) is 12.4. The second kappa shape index (κ2) is 7.52. The SMILES string of the molecule is COc1cc2c(cc1SCC(C)C)-c1c(c(C(=O)O)nn1-c1ccsc1)CO2. The van der Waals surface area contributed by atoms with Gasteiger partial charge in [0.05, 0.1) is 29.0 Å². The molecule has 0 bridgehead atoms. The number of aromatic nitrogens is 2. The van der Waals surface area contributed by atoms with E-state index in [2.05, 4.69) is 18.9 Å². The van der Waals surface area contributed by atoms with Crippen LogP contribution in [0.4, 0.5) is 0 Å². The number of carboxylic acids is 1. The average molecular weight is 417 g/mol. The molecule has 0 radical (unpaired) electrons. The van der Waals surface area contributed by atoms with Gasteiger partial charge in [-0.1, -0.05) is 13.8 Å². The standard InChI is InChI=1S/C20H20N2O4S2/c1-11(2)9-28-17-6-13-15(7-16(17)25-3)26-8-14-18(20(23)24)21-22(19(13)14)12-4-5-27-10-12/h4-7,10-11H,8-9H2,1-3H3,(H,23,24). The molecule has 1 aliphatic heterocycles. The van der Waals surface area contributed by atoms with E-state index in [9.17, 15) is 9.90 Å². The van der Waals surface area contributed by atoms with Crippen LogP contribution < -0.4 is 9.47 Å². The third-order valence-electron chi connectivity index (χ3n) is 4.40. The van der Waals surface area contributed by atoms with Gasteiger partial charge in [-0.15, -0.1) is 11.8 Å². The minimum absolute atomic E-state index is 0.0269. The molecule has 3 aromatic rings. The van der Waals surface area contributed by atoms with Crippen LogP contribution in [0.2, 0.25) is 0 Å². The smallest absolute Gasteiger partial charge is 0.356 e. The van der Waals surface area contributed by atoms with Crippen molar-refractivity contribution in [1.29, 1.82) is 0 Å². The lowest BCUT2D eigenvalue weighted by Crippen LogP contribution is -2.10. The molecule has 3 heterocycles. The predicted octanol–water partition coefficient (Wildman–Crippen LogP) is 4.95. The van der Waals surface area contributed by atoms with Crippen LogP contribution in [0.5, 0.6) is 11.5 Å². The molecule has 0 saturated heterocycles. The second-order valence-electron chi connectivity index (χ2n) is 6.87. The fraction of sp³-hybridized carbons (Fsp3) is 0.300. The lowest BCUT2D eigenvalue weighted by atomic mass is 10.0. The van der Waals surface area contributed by atoms with E-state index in [4.69, 9.17) is 9.47 Å². The molecular weight excluding hydrogens is 396 g/mol. The summed E-state index contributed by atoms with van der Waals surface area (Å²) in [6, 6.07) is 5.83. The van der Waals surface area contributed by atoms with Crippen molar-refractivity contribution in [2.45, 2.75) is 25.3 Å². The molecule has 1 aliphatic rings. The predicted molar refractivity (Wildman–Crippen MR) is 110 cm³/mol. The van der Waals surface area contributed by atoms with Gasteiger partial charge in [0.1, 0.15) is 18.1 Å². The molecule has 0 spiro atoms. The van der Waals surface area contributed by atoms with Crippen molar-refractivity contribution in [1.82, 2.24) is 9.78 Å².